The Balaban J connectivity index is 1.84. The number of ketones is 1. The maximum Gasteiger partial charge on any atom is 0.416 e. The molecule has 2 N–H and O–H groups in total. The third-order valence-corrected chi connectivity index (χ3v) is 5.40. The Morgan fingerprint density at radius 1 is 0.921 bits per heavy atom. The molecule has 0 atom stereocenters. The lowest BCUT2D eigenvalue weighted by Crippen LogP contribution is -2.28. The van der Waals surface area contributed by atoms with Crippen LogP contribution >= 0.6 is 0 Å². The minimum Gasteiger partial charge on any atom is -0.444 e. The molecule has 0 spiro atoms. The number of halogens is 3. The van der Waals surface area contributed by atoms with E-state index in [1.54, 1.807) is 57.3 Å². The zero-order valence-electron chi connectivity index (χ0n) is 21.6. The van der Waals surface area contributed by atoms with Crippen molar-refractivity contribution in [3.8, 4) is 11.1 Å². The minimum absolute atomic E-state index is 0.0976. The van der Waals surface area contributed by atoms with Gasteiger partial charge in [0, 0.05) is 23.0 Å². The molecule has 38 heavy (non-hydrogen) atoms. The van der Waals surface area contributed by atoms with Crippen molar-refractivity contribution >= 4 is 29.2 Å². The molecule has 200 valence electrons. The molecule has 0 unspecified atom stereocenters. The smallest absolute Gasteiger partial charge is 0.416 e. The molecule has 2 aromatic carbocycles. The molecule has 3 rings (SSSR count). The summed E-state index contributed by atoms with van der Waals surface area (Å²) in [7, 11) is 0. The summed E-state index contributed by atoms with van der Waals surface area (Å²) >= 11 is 0. The second-order valence-corrected chi connectivity index (χ2v) is 9.70. The molecule has 1 aromatic heterocycles. The van der Waals surface area contributed by atoms with Crippen LogP contribution in [0.2, 0.25) is 0 Å². The van der Waals surface area contributed by atoms with Crippen molar-refractivity contribution in [2.24, 2.45) is 0 Å². The lowest BCUT2D eigenvalue weighted by atomic mass is 9.99. The first-order valence-corrected chi connectivity index (χ1v) is 11.7. The fourth-order valence-electron chi connectivity index (χ4n) is 3.73. The summed E-state index contributed by atoms with van der Waals surface area (Å²) in [5.41, 5.74) is 0.152. The first-order valence-electron chi connectivity index (χ1n) is 11.7. The van der Waals surface area contributed by atoms with E-state index >= 15 is 0 Å². The van der Waals surface area contributed by atoms with Gasteiger partial charge in [-0.15, -0.1) is 0 Å². The molecule has 3 aromatic rings. The lowest BCUT2D eigenvalue weighted by molar-refractivity contribution is -0.138. The van der Waals surface area contributed by atoms with Crippen LogP contribution in [-0.2, 0) is 15.7 Å². The van der Waals surface area contributed by atoms with Gasteiger partial charge in [0.25, 0.3) is 0 Å². The van der Waals surface area contributed by atoms with Gasteiger partial charge in [0.15, 0.2) is 5.78 Å². The number of hydrogen-bond acceptors (Lipinski definition) is 5. The average Bonchev–Trinajstić information content (AvgIpc) is 2.79. The van der Waals surface area contributed by atoms with Gasteiger partial charge < -0.3 is 10.1 Å². The van der Waals surface area contributed by atoms with E-state index in [1.807, 2.05) is 13.0 Å². The van der Waals surface area contributed by atoms with Crippen molar-refractivity contribution in [3.05, 3.63) is 77.1 Å². The van der Waals surface area contributed by atoms with E-state index in [9.17, 15) is 27.6 Å². The van der Waals surface area contributed by atoms with Gasteiger partial charge in [-0.05, 0) is 70.0 Å². The maximum atomic E-state index is 13.5. The number of aryl methyl sites for hydroxylation is 2. The van der Waals surface area contributed by atoms with Gasteiger partial charge in [-0.1, -0.05) is 24.3 Å². The van der Waals surface area contributed by atoms with Crippen LogP contribution in [0, 0.1) is 13.8 Å². The quantitative estimate of drug-likeness (QED) is 0.267. The normalized spacial score (nSPS) is 11.6. The molecule has 0 bridgehead atoms. The third-order valence-electron chi connectivity index (χ3n) is 5.40. The largest absolute Gasteiger partial charge is 0.444 e. The van der Waals surface area contributed by atoms with Crippen LogP contribution < -0.4 is 10.6 Å². The van der Waals surface area contributed by atoms with Gasteiger partial charge in [0.05, 0.1) is 23.4 Å². The summed E-state index contributed by atoms with van der Waals surface area (Å²) in [6.07, 6.45) is -4.59. The van der Waals surface area contributed by atoms with Crippen LogP contribution in [0.3, 0.4) is 0 Å². The van der Waals surface area contributed by atoms with Gasteiger partial charge in [0.2, 0.25) is 5.91 Å². The summed E-state index contributed by atoms with van der Waals surface area (Å²) in [6, 6.07) is 12.1. The van der Waals surface area contributed by atoms with Gasteiger partial charge in [-0.2, -0.15) is 13.2 Å². The molecule has 1 heterocycles. The molecule has 0 aliphatic heterocycles. The Labute approximate surface area is 218 Å². The number of carbonyl (C=O) groups excluding carboxylic acids is 3. The SMILES string of the molecule is Cc1cc(NC(=O)OC(C)(C)C)c(NC(=O)CC(=O)c2cccc(-c3cccnc3C)c2)cc1C(F)(F)F. The number of rotatable bonds is 6. The topological polar surface area (TPSA) is 97.4 Å². The van der Waals surface area contributed by atoms with E-state index in [-0.39, 0.29) is 22.5 Å². The van der Waals surface area contributed by atoms with Crippen LogP contribution in [0.5, 0.6) is 0 Å². The monoisotopic (exact) mass is 527 g/mol. The molecule has 0 aliphatic carbocycles. The third kappa shape index (κ3) is 7.41. The molecular weight excluding hydrogens is 499 g/mol. The predicted molar refractivity (Wildman–Crippen MR) is 138 cm³/mol. The number of Topliss-reactive ketones (excluding diaryl/α,β-unsaturated/α-hetero) is 1. The molecule has 0 fully saturated rings. The molecule has 10 heteroatoms. The number of hydrogen-bond donors (Lipinski definition) is 2. The molecule has 0 saturated carbocycles. The second-order valence-electron chi connectivity index (χ2n) is 9.70. The minimum atomic E-state index is -4.70. The van der Waals surface area contributed by atoms with Crippen LogP contribution in [0.15, 0.2) is 54.7 Å². The van der Waals surface area contributed by atoms with Crippen molar-refractivity contribution in [3.63, 3.8) is 0 Å². The zero-order valence-corrected chi connectivity index (χ0v) is 21.6. The fraction of sp³-hybridized carbons (Fsp3) is 0.286. The number of anilines is 2. The van der Waals surface area contributed by atoms with E-state index < -0.39 is 41.5 Å². The number of pyridine rings is 1. The molecule has 7 nitrogen and oxygen atoms in total. The van der Waals surface area contributed by atoms with Crippen LogP contribution in [0.4, 0.5) is 29.3 Å². The van der Waals surface area contributed by atoms with Gasteiger partial charge in [-0.25, -0.2) is 4.79 Å². The van der Waals surface area contributed by atoms with Crippen LogP contribution in [0.1, 0.15) is 54.4 Å². The number of benzene rings is 2. The van der Waals surface area contributed by atoms with Crippen molar-refractivity contribution in [1.82, 2.24) is 4.98 Å². The van der Waals surface area contributed by atoms with Gasteiger partial charge in [0.1, 0.15) is 5.60 Å². The maximum absolute atomic E-state index is 13.5. The highest BCUT2D eigenvalue weighted by molar-refractivity contribution is 6.12. The van der Waals surface area contributed by atoms with E-state index in [2.05, 4.69) is 15.6 Å². The van der Waals surface area contributed by atoms with E-state index in [0.29, 0.717) is 0 Å². The highest BCUT2D eigenvalue weighted by Gasteiger charge is 2.34. The average molecular weight is 528 g/mol. The summed E-state index contributed by atoms with van der Waals surface area (Å²) in [6.45, 7) is 7.95. The first kappa shape index (κ1) is 28.4. The Morgan fingerprint density at radius 3 is 2.24 bits per heavy atom. The highest BCUT2D eigenvalue weighted by Crippen LogP contribution is 2.37. The number of aromatic nitrogens is 1. The number of alkyl halides is 3. The fourth-order valence-corrected chi connectivity index (χ4v) is 3.73. The van der Waals surface area contributed by atoms with Crippen LogP contribution in [-0.4, -0.2) is 28.4 Å². The second kappa shape index (κ2) is 11.0. The van der Waals surface area contributed by atoms with Crippen molar-refractivity contribution < 1.29 is 32.3 Å². The number of ether oxygens (including phenoxy) is 1. The zero-order chi connectivity index (χ0) is 28.3. The van der Waals surface area contributed by atoms with Crippen molar-refractivity contribution in [1.29, 1.82) is 0 Å². The lowest BCUT2D eigenvalue weighted by Gasteiger charge is -2.21. The summed E-state index contributed by atoms with van der Waals surface area (Å²) < 4.78 is 45.8. The Morgan fingerprint density at radius 2 is 1.61 bits per heavy atom. The van der Waals surface area contributed by atoms with E-state index in [1.165, 1.54) is 6.92 Å². The van der Waals surface area contributed by atoms with Crippen LogP contribution in [0.25, 0.3) is 11.1 Å². The molecule has 0 saturated heterocycles. The predicted octanol–water partition coefficient (Wildman–Crippen LogP) is 6.94. The summed E-state index contributed by atoms with van der Waals surface area (Å²) in [5, 5.41) is 4.71. The number of amides is 2. The van der Waals surface area contributed by atoms with Gasteiger partial charge >= 0.3 is 12.3 Å². The number of nitrogens with one attached hydrogen (secondary N) is 2. The molecule has 2 amide bonds. The van der Waals surface area contributed by atoms with E-state index in [4.69, 9.17) is 4.74 Å². The summed E-state index contributed by atoms with van der Waals surface area (Å²) in [4.78, 5) is 42.1. The first-order chi connectivity index (χ1) is 17.6. The Hall–Kier alpha value is -4.21. The Bertz CT molecular complexity index is 1380. The molecular formula is C28H28F3N3O4. The standard InChI is InChI=1S/C28H28F3N3O4/c1-16-12-22(34-26(37)38-27(3,4)5)23(14-21(16)28(29,30)31)33-25(36)15-24(35)19-9-6-8-18(13-19)20-10-7-11-32-17(20)2/h6-14H,15H2,1-5H3,(H,33,36)(H,34,37). The Kier molecular flexibility index (Phi) is 8.24. The summed E-state index contributed by atoms with van der Waals surface area (Å²) in [5.74, 6) is -1.38. The number of nitrogens with zero attached hydrogens (tertiary/aromatic N) is 1. The van der Waals surface area contributed by atoms with Crippen molar-refractivity contribution in [2.45, 2.75) is 52.8 Å². The molecule has 0 aliphatic rings. The van der Waals surface area contributed by atoms with Gasteiger partial charge in [-0.3, -0.25) is 19.9 Å². The highest BCUT2D eigenvalue weighted by atomic mass is 19.4. The number of carbonyl (C=O) groups is 3. The van der Waals surface area contributed by atoms with E-state index in [0.717, 1.165) is 29.0 Å². The van der Waals surface area contributed by atoms with Crippen molar-refractivity contribution in [2.75, 3.05) is 10.6 Å². The molecule has 0 radical (unpaired) electrons.